The summed E-state index contributed by atoms with van der Waals surface area (Å²) in [5.74, 6) is 0.799. The molecule has 0 aromatic heterocycles. The van der Waals surface area contributed by atoms with Gasteiger partial charge in [-0.05, 0) is 55.7 Å². The van der Waals surface area contributed by atoms with Crippen LogP contribution in [0.1, 0.15) is 57.9 Å². The number of halogens is 1. The summed E-state index contributed by atoms with van der Waals surface area (Å²) >= 11 is 3.53. The number of aliphatic hydroxyl groups is 1. The molecule has 3 heteroatoms. The predicted octanol–water partition coefficient (Wildman–Crippen LogP) is 4.59. The van der Waals surface area contributed by atoms with Gasteiger partial charge in [-0.3, -0.25) is 0 Å². The third-order valence-corrected chi connectivity index (χ3v) is 6.21. The van der Waals surface area contributed by atoms with Gasteiger partial charge in [0.15, 0.2) is 0 Å². The van der Waals surface area contributed by atoms with E-state index in [9.17, 15) is 5.11 Å². The highest BCUT2D eigenvalue weighted by atomic mass is 79.9. The molecule has 0 heterocycles. The molecule has 3 N–H and O–H groups in total. The maximum absolute atomic E-state index is 11.5. The third kappa shape index (κ3) is 3.06. The van der Waals surface area contributed by atoms with Crippen molar-refractivity contribution >= 4 is 15.9 Å². The van der Waals surface area contributed by atoms with Crippen LogP contribution in [0.3, 0.4) is 0 Å². The van der Waals surface area contributed by atoms with Crippen molar-refractivity contribution in [2.45, 2.75) is 58.0 Å². The number of rotatable bonds is 5. The minimum absolute atomic E-state index is 0.186. The van der Waals surface area contributed by atoms with E-state index in [0.29, 0.717) is 13.0 Å². The molecule has 0 amide bonds. The zero-order valence-electron chi connectivity index (χ0n) is 13.2. The molecule has 1 atom stereocenters. The van der Waals surface area contributed by atoms with Gasteiger partial charge in [0, 0.05) is 16.4 Å². The lowest BCUT2D eigenvalue weighted by atomic mass is 9.58. The van der Waals surface area contributed by atoms with Crippen LogP contribution in [0.4, 0.5) is 0 Å². The minimum Gasteiger partial charge on any atom is -0.385 e. The number of benzene rings is 1. The molecular formula is C18H28BrNO. The van der Waals surface area contributed by atoms with Gasteiger partial charge in [-0.1, -0.05) is 48.3 Å². The van der Waals surface area contributed by atoms with Crippen LogP contribution in [-0.2, 0) is 5.60 Å². The molecule has 0 radical (unpaired) electrons. The Morgan fingerprint density at radius 3 is 2.48 bits per heavy atom. The van der Waals surface area contributed by atoms with E-state index in [-0.39, 0.29) is 5.41 Å². The van der Waals surface area contributed by atoms with Gasteiger partial charge in [-0.2, -0.15) is 0 Å². The summed E-state index contributed by atoms with van der Waals surface area (Å²) in [5, 5.41) is 11.5. The molecule has 21 heavy (non-hydrogen) atoms. The zero-order chi connectivity index (χ0) is 15.5. The van der Waals surface area contributed by atoms with E-state index in [4.69, 9.17) is 5.73 Å². The fourth-order valence-electron chi connectivity index (χ4n) is 4.06. The standard InChI is InChI=1S/C18H28BrNO/c1-3-14-8-10-17(13-20,11-9-14)18(21,4-2)15-6-5-7-16(19)12-15/h5-7,12,14,21H,3-4,8-11,13,20H2,1-2H3. The van der Waals surface area contributed by atoms with Crippen molar-refractivity contribution in [3.8, 4) is 0 Å². The number of hydrogen-bond acceptors (Lipinski definition) is 2. The lowest BCUT2D eigenvalue weighted by Gasteiger charge is -2.50. The van der Waals surface area contributed by atoms with E-state index in [1.54, 1.807) is 0 Å². The van der Waals surface area contributed by atoms with E-state index in [0.717, 1.165) is 28.8 Å². The molecule has 1 aromatic carbocycles. The molecule has 118 valence electrons. The molecule has 0 aliphatic heterocycles. The molecule has 2 nitrogen and oxygen atoms in total. The van der Waals surface area contributed by atoms with Gasteiger partial charge in [0.2, 0.25) is 0 Å². The molecule has 2 rings (SSSR count). The van der Waals surface area contributed by atoms with E-state index in [1.807, 2.05) is 24.3 Å². The second-order valence-corrected chi connectivity index (χ2v) is 7.48. The predicted molar refractivity (Wildman–Crippen MR) is 92.1 cm³/mol. The maximum Gasteiger partial charge on any atom is 0.0962 e. The normalized spacial score (nSPS) is 29.1. The van der Waals surface area contributed by atoms with Crippen molar-refractivity contribution < 1.29 is 5.11 Å². The van der Waals surface area contributed by atoms with E-state index < -0.39 is 5.60 Å². The average Bonchev–Trinajstić information content (AvgIpc) is 2.54. The van der Waals surface area contributed by atoms with Crippen molar-refractivity contribution in [2.24, 2.45) is 17.1 Å². The Morgan fingerprint density at radius 2 is 2.00 bits per heavy atom. The Bertz CT molecular complexity index is 468. The topological polar surface area (TPSA) is 46.2 Å². The minimum atomic E-state index is -0.829. The first-order chi connectivity index (χ1) is 10.0. The van der Waals surface area contributed by atoms with Gasteiger partial charge >= 0.3 is 0 Å². The summed E-state index contributed by atoms with van der Waals surface area (Å²) in [7, 11) is 0. The highest BCUT2D eigenvalue weighted by Gasteiger charge is 2.50. The quantitative estimate of drug-likeness (QED) is 0.812. The van der Waals surface area contributed by atoms with E-state index in [2.05, 4.69) is 29.8 Å². The fourth-order valence-corrected chi connectivity index (χ4v) is 4.46. The van der Waals surface area contributed by atoms with E-state index >= 15 is 0 Å². The van der Waals surface area contributed by atoms with Gasteiger partial charge in [-0.25, -0.2) is 0 Å². The van der Waals surface area contributed by atoms with Crippen LogP contribution in [0.15, 0.2) is 28.7 Å². The van der Waals surface area contributed by atoms with Crippen LogP contribution in [0.2, 0.25) is 0 Å². The first-order valence-corrected chi connectivity index (χ1v) is 8.99. The highest BCUT2D eigenvalue weighted by Crippen LogP contribution is 2.52. The Kier molecular flexibility index (Phi) is 5.50. The van der Waals surface area contributed by atoms with Crippen LogP contribution in [-0.4, -0.2) is 11.7 Å². The molecule has 1 aliphatic rings. The van der Waals surface area contributed by atoms with Gasteiger partial charge < -0.3 is 10.8 Å². The summed E-state index contributed by atoms with van der Waals surface area (Å²) < 4.78 is 1.02. The summed E-state index contributed by atoms with van der Waals surface area (Å²) in [6.45, 7) is 4.89. The van der Waals surface area contributed by atoms with Crippen molar-refractivity contribution in [3.63, 3.8) is 0 Å². The van der Waals surface area contributed by atoms with Crippen LogP contribution < -0.4 is 5.73 Å². The number of hydrogen-bond donors (Lipinski definition) is 2. The van der Waals surface area contributed by atoms with Crippen molar-refractivity contribution in [1.82, 2.24) is 0 Å². The Labute approximate surface area is 137 Å². The molecule has 1 aromatic rings. The zero-order valence-corrected chi connectivity index (χ0v) is 14.8. The monoisotopic (exact) mass is 353 g/mol. The lowest BCUT2D eigenvalue weighted by Crippen LogP contribution is -2.52. The maximum atomic E-state index is 11.5. The summed E-state index contributed by atoms with van der Waals surface area (Å²) in [4.78, 5) is 0. The summed E-state index contributed by atoms with van der Waals surface area (Å²) in [6.07, 6.45) is 6.37. The van der Waals surface area contributed by atoms with Crippen molar-refractivity contribution in [2.75, 3.05) is 6.54 Å². The molecule has 0 bridgehead atoms. The van der Waals surface area contributed by atoms with Gasteiger partial charge in [0.25, 0.3) is 0 Å². The van der Waals surface area contributed by atoms with Crippen LogP contribution in [0.25, 0.3) is 0 Å². The largest absolute Gasteiger partial charge is 0.385 e. The fraction of sp³-hybridized carbons (Fsp3) is 0.667. The van der Waals surface area contributed by atoms with Crippen molar-refractivity contribution in [3.05, 3.63) is 34.3 Å². The molecule has 1 fully saturated rings. The third-order valence-electron chi connectivity index (χ3n) is 5.72. The van der Waals surface area contributed by atoms with Crippen molar-refractivity contribution in [1.29, 1.82) is 0 Å². The van der Waals surface area contributed by atoms with Crippen LogP contribution in [0.5, 0.6) is 0 Å². The highest BCUT2D eigenvalue weighted by molar-refractivity contribution is 9.10. The molecule has 1 aliphatic carbocycles. The first-order valence-electron chi connectivity index (χ1n) is 8.20. The van der Waals surface area contributed by atoms with Crippen LogP contribution >= 0.6 is 15.9 Å². The second-order valence-electron chi connectivity index (χ2n) is 6.56. The lowest BCUT2D eigenvalue weighted by molar-refractivity contribution is -0.115. The second kappa shape index (κ2) is 6.80. The van der Waals surface area contributed by atoms with Crippen LogP contribution in [0, 0.1) is 11.3 Å². The summed E-state index contributed by atoms with van der Waals surface area (Å²) in [6, 6.07) is 8.09. The number of nitrogens with two attached hydrogens (primary N) is 1. The smallest absolute Gasteiger partial charge is 0.0962 e. The molecule has 0 saturated heterocycles. The Hall–Kier alpha value is -0.380. The van der Waals surface area contributed by atoms with Gasteiger partial charge in [0.05, 0.1) is 5.60 Å². The first kappa shape index (κ1) is 17.0. The van der Waals surface area contributed by atoms with Gasteiger partial charge in [-0.15, -0.1) is 0 Å². The van der Waals surface area contributed by atoms with E-state index in [1.165, 1.54) is 19.3 Å². The molecule has 1 saturated carbocycles. The average molecular weight is 354 g/mol. The summed E-state index contributed by atoms with van der Waals surface area (Å²) in [5.41, 5.74) is 6.17. The molecule has 1 unspecified atom stereocenters. The Balaban J connectivity index is 2.37. The molecule has 0 spiro atoms. The van der Waals surface area contributed by atoms with Gasteiger partial charge in [0.1, 0.15) is 0 Å². The Morgan fingerprint density at radius 1 is 1.33 bits per heavy atom. The SMILES string of the molecule is CCC1CCC(CN)(C(O)(CC)c2cccc(Br)c2)CC1. The molecular weight excluding hydrogens is 326 g/mol.